The Hall–Kier alpha value is -3.33. The van der Waals surface area contributed by atoms with Crippen molar-refractivity contribution in [3.63, 3.8) is 0 Å². The molecule has 0 spiro atoms. The highest BCUT2D eigenvalue weighted by Gasteiger charge is 2.32. The average molecular weight is 512 g/mol. The Balaban J connectivity index is 1.68. The number of fused-ring (bicyclic) bond motifs is 1. The van der Waals surface area contributed by atoms with Gasteiger partial charge in [0.1, 0.15) is 22.2 Å². The molecule has 0 radical (unpaired) electrons. The fourth-order valence-electron chi connectivity index (χ4n) is 4.94. The maximum absolute atomic E-state index is 13.5. The lowest BCUT2D eigenvalue weighted by Crippen LogP contribution is -2.33. The normalized spacial score (nSPS) is 16.2. The van der Waals surface area contributed by atoms with E-state index in [9.17, 15) is 23.4 Å². The van der Waals surface area contributed by atoms with Crippen LogP contribution in [0.5, 0.6) is 11.5 Å². The number of benzene rings is 2. The smallest absolute Gasteiger partial charge is 0.268 e. The van der Waals surface area contributed by atoms with Crippen LogP contribution >= 0.6 is 0 Å². The van der Waals surface area contributed by atoms with Gasteiger partial charge in [-0.1, -0.05) is 43.5 Å². The van der Waals surface area contributed by atoms with E-state index in [-0.39, 0.29) is 28.5 Å². The number of phenols is 2. The number of aromatic amines is 1. The Morgan fingerprint density at radius 1 is 1.22 bits per heavy atom. The molecule has 36 heavy (non-hydrogen) atoms. The quantitative estimate of drug-likeness (QED) is 0.237. The number of phenolic OH excluding ortho intramolecular Hbond substituents is 2. The van der Waals surface area contributed by atoms with Gasteiger partial charge in [-0.15, -0.1) is 0 Å². The van der Waals surface area contributed by atoms with Crippen LogP contribution in [0.1, 0.15) is 75.2 Å². The van der Waals surface area contributed by atoms with Crippen molar-refractivity contribution in [2.75, 3.05) is 0 Å². The molecule has 4 N–H and O–H groups in total. The molecule has 8 nitrogen and oxygen atoms in total. The first-order chi connectivity index (χ1) is 17.2. The summed E-state index contributed by atoms with van der Waals surface area (Å²) < 4.78 is 29.1. The topological polar surface area (TPSA) is 132 Å². The van der Waals surface area contributed by atoms with Gasteiger partial charge in [0.25, 0.3) is 10.0 Å². The second kappa shape index (κ2) is 10.7. The summed E-state index contributed by atoms with van der Waals surface area (Å²) in [5, 5.41) is 22.1. The molecule has 1 aromatic heterocycles. The van der Waals surface area contributed by atoms with Crippen LogP contribution in [0, 0.1) is 0 Å². The molecule has 0 saturated heterocycles. The number of amides is 1. The van der Waals surface area contributed by atoms with E-state index in [1.807, 2.05) is 38.1 Å². The fraction of sp³-hybridized carbons (Fsp3) is 0.407. The first kappa shape index (κ1) is 25.8. The summed E-state index contributed by atoms with van der Waals surface area (Å²) >= 11 is 0. The number of nitrogens with zero attached hydrogens (tertiary/aromatic N) is 1. The number of rotatable bonds is 9. The molecule has 192 valence electrons. The summed E-state index contributed by atoms with van der Waals surface area (Å²) in [4.78, 5) is 19.8. The number of hydrogen-bond acceptors (Lipinski definition) is 6. The number of carbonyl (C=O) groups excluding carboxylic acids is 1. The summed E-state index contributed by atoms with van der Waals surface area (Å²) in [6.45, 7) is 4.01. The van der Waals surface area contributed by atoms with Crippen LogP contribution < -0.4 is 4.72 Å². The van der Waals surface area contributed by atoms with Crippen LogP contribution in [-0.4, -0.2) is 34.5 Å². The third-order valence-corrected chi connectivity index (χ3v) is 8.11. The van der Waals surface area contributed by atoms with Crippen molar-refractivity contribution in [2.45, 2.75) is 76.0 Å². The monoisotopic (exact) mass is 511 g/mol. The van der Waals surface area contributed by atoms with Gasteiger partial charge in [0.2, 0.25) is 5.91 Å². The Labute approximate surface area is 211 Å². The number of unbranched alkanes of at least 4 members (excludes halogenated alkanes) is 2. The van der Waals surface area contributed by atoms with Crippen molar-refractivity contribution in [2.24, 2.45) is 0 Å². The Morgan fingerprint density at radius 3 is 2.72 bits per heavy atom. The molecule has 0 bridgehead atoms. The third-order valence-electron chi connectivity index (χ3n) is 6.62. The largest absolute Gasteiger partial charge is 0.507 e. The number of para-hydroxylation sites is 2. The molecular weight excluding hydrogens is 478 g/mol. The maximum atomic E-state index is 13.5. The van der Waals surface area contributed by atoms with Crippen LogP contribution in [0.15, 0.2) is 46.9 Å². The molecule has 1 aliphatic carbocycles. The van der Waals surface area contributed by atoms with Crippen molar-refractivity contribution >= 4 is 27.0 Å². The number of sulfonamides is 1. The number of hydrogen-bond donors (Lipinski definition) is 4. The molecule has 0 saturated carbocycles. The second-order valence-corrected chi connectivity index (χ2v) is 11.1. The Kier molecular flexibility index (Phi) is 7.68. The van der Waals surface area contributed by atoms with Gasteiger partial charge in [0.05, 0.1) is 17.5 Å². The van der Waals surface area contributed by atoms with Crippen molar-refractivity contribution in [1.29, 1.82) is 0 Å². The number of imidazole rings is 1. The van der Waals surface area contributed by atoms with Crippen LogP contribution in [0.25, 0.3) is 11.0 Å². The first-order valence-electron chi connectivity index (χ1n) is 12.4. The van der Waals surface area contributed by atoms with Crippen molar-refractivity contribution in [1.82, 2.24) is 14.7 Å². The Bertz CT molecular complexity index is 1380. The lowest BCUT2D eigenvalue weighted by Gasteiger charge is -2.24. The number of aromatic hydroxyl groups is 2. The number of nitrogens with one attached hydrogen (secondary N) is 2. The van der Waals surface area contributed by atoms with Gasteiger partial charge in [0.15, 0.2) is 0 Å². The van der Waals surface area contributed by atoms with Crippen molar-refractivity contribution in [3.8, 4) is 11.5 Å². The predicted molar refractivity (Wildman–Crippen MR) is 138 cm³/mol. The van der Waals surface area contributed by atoms with Crippen LogP contribution in [0.4, 0.5) is 0 Å². The number of H-pyrrole nitrogens is 1. The van der Waals surface area contributed by atoms with E-state index in [1.165, 1.54) is 6.07 Å². The van der Waals surface area contributed by atoms with Gasteiger partial charge >= 0.3 is 0 Å². The van der Waals surface area contributed by atoms with E-state index in [4.69, 9.17) is 0 Å². The van der Waals surface area contributed by atoms with E-state index >= 15 is 0 Å². The van der Waals surface area contributed by atoms with Gasteiger partial charge in [-0.25, -0.2) is 18.1 Å². The zero-order chi connectivity index (χ0) is 25.9. The maximum Gasteiger partial charge on any atom is 0.268 e. The van der Waals surface area contributed by atoms with Gasteiger partial charge in [-0.2, -0.15) is 0 Å². The van der Waals surface area contributed by atoms with E-state index in [1.54, 1.807) is 6.07 Å². The summed E-state index contributed by atoms with van der Waals surface area (Å²) in [6.07, 6.45) is 7.02. The molecule has 0 aliphatic heterocycles. The van der Waals surface area contributed by atoms with Crippen molar-refractivity contribution in [3.05, 3.63) is 58.9 Å². The van der Waals surface area contributed by atoms with Crippen LogP contribution in [0.3, 0.4) is 0 Å². The zero-order valence-corrected chi connectivity index (χ0v) is 21.5. The van der Waals surface area contributed by atoms with Gasteiger partial charge in [-0.3, -0.25) is 4.79 Å². The highest BCUT2D eigenvalue weighted by Crippen LogP contribution is 2.45. The van der Waals surface area contributed by atoms with Crippen LogP contribution in [-0.2, 0) is 27.7 Å². The summed E-state index contributed by atoms with van der Waals surface area (Å²) in [6, 6.07) is 8.71. The van der Waals surface area contributed by atoms with Crippen LogP contribution in [0.2, 0.25) is 0 Å². The summed E-state index contributed by atoms with van der Waals surface area (Å²) in [5.41, 5.74) is 3.04. The SMILES string of the molecule is CCCCCc1cc(O)c(C2C=C(C)CCC2)c(O)c1S(=O)(=O)NC(=O)Cc1nc2ccccc2[nH]1. The predicted octanol–water partition coefficient (Wildman–Crippen LogP) is 4.97. The molecule has 1 atom stereocenters. The lowest BCUT2D eigenvalue weighted by atomic mass is 9.84. The zero-order valence-electron chi connectivity index (χ0n) is 20.7. The highest BCUT2D eigenvalue weighted by molar-refractivity contribution is 7.90. The molecule has 3 aromatic rings. The van der Waals surface area contributed by atoms with E-state index in [0.29, 0.717) is 36.2 Å². The standard InChI is InChI=1S/C27H33N3O5S/c1-3-4-5-10-19-15-22(31)25(18-11-8-9-17(2)14-18)26(33)27(19)36(34,35)30-24(32)16-23-28-20-12-6-7-13-21(20)29-23/h6-7,12-15,18,31,33H,3-5,8-11,16H2,1-2H3,(H,28,29)(H,30,32). The number of carbonyl (C=O) groups is 1. The minimum absolute atomic E-state index is 0.123. The van der Waals surface area contributed by atoms with Gasteiger partial charge in [0, 0.05) is 11.5 Å². The number of aryl methyl sites for hydroxylation is 1. The molecule has 1 aliphatic rings. The minimum atomic E-state index is -4.42. The lowest BCUT2D eigenvalue weighted by molar-refractivity contribution is -0.118. The molecule has 2 aromatic carbocycles. The Morgan fingerprint density at radius 2 is 2.00 bits per heavy atom. The van der Waals surface area contributed by atoms with E-state index < -0.39 is 21.7 Å². The van der Waals surface area contributed by atoms with E-state index in [2.05, 4.69) is 14.7 Å². The molecule has 0 fully saturated rings. The number of aromatic nitrogens is 2. The molecule has 1 heterocycles. The van der Waals surface area contributed by atoms with Gasteiger partial charge in [-0.05, 0) is 62.8 Å². The third kappa shape index (κ3) is 5.56. The van der Waals surface area contributed by atoms with Crippen molar-refractivity contribution < 1.29 is 23.4 Å². The minimum Gasteiger partial charge on any atom is -0.507 e. The fourth-order valence-corrected chi connectivity index (χ4v) is 6.28. The first-order valence-corrected chi connectivity index (χ1v) is 13.9. The molecular formula is C27H33N3O5S. The number of allylic oxidation sites excluding steroid dienone is 2. The highest BCUT2D eigenvalue weighted by atomic mass is 32.2. The molecule has 1 unspecified atom stereocenters. The second-order valence-electron chi connectivity index (χ2n) is 9.52. The molecule has 4 rings (SSSR count). The molecule has 9 heteroatoms. The summed E-state index contributed by atoms with van der Waals surface area (Å²) in [7, 11) is -4.42. The summed E-state index contributed by atoms with van der Waals surface area (Å²) in [5.74, 6) is -1.34. The average Bonchev–Trinajstić information content (AvgIpc) is 3.20. The molecule has 1 amide bonds. The van der Waals surface area contributed by atoms with Gasteiger partial charge < -0.3 is 15.2 Å². The van der Waals surface area contributed by atoms with E-state index in [0.717, 1.165) is 36.8 Å².